The summed E-state index contributed by atoms with van der Waals surface area (Å²) in [7, 11) is 0. The Morgan fingerprint density at radius 1 is 1.32 bits per heavy atom. The first-order valence-electron chi connectivity index (χ1n) is 7.45. The van der Waals surface area contributed by atoms with Crippen molar-refractivity contribution >= 4 is 23.3 Å². The minimum Gasteiger partial charge on any atom is -0.372 e. The number of thioether (sulfide) groups is 1. The zero-order valence-corrected chi connectivity index (χ0v) is 13.8. The van der Waals surface area contributed by atoms with Gasteiger partial charge in [-0.1, -0.05) is 17.8 Å². The summed E-state index contributed by atoms with van der Waals surface area (Å²) in [5.74, 6) is 0.125. The molecule has 0 bridgehead atoms. The van der Waals surface area contributed by atoms with Crippen molar-refractivity contribution in [2.24, 2.45) is 0 Å². The average molecular weight is 320 g/mol. The molecule has 0 aromatic carbocycles. The molecule has 7 heteroatoms. The number of aromatic nitrogens is 3. The second-order valence-corrected chi connectivity index (χ2v) is 6.98. The maximum Gasteiger partial charge on any atom is 0.236 e. The van der Waals surface area contributed by atoms with Crippen LogP contribution in [0.3, 0.4) is 0 Å². The number of rotatable bonds is 3. The van der Waals surface area contributed by atoms with E-state index in [1.54, 1.807) is 0 Å². The van der Waals surface area contributed by atoms with E-state index >= 15 is 0 Å². The Balaban J connectivity index is 1.71. The molecule has 0 spiro atoms. The van der Waals surface area contributed by atoms with Crippen LogP contribution in [-0.4, -0.2) is 56.0 Å². The SMILES string of the molecule is C[C@@H]1CN(C(=O)[C@@H](C)Sc2nnc3ccccn23)C[C@H](C)O1. The normalized spacial score (nSPS) is 23.7. The molecule has 118 valence electrons. The molecule has 0 saturated carbocycles. The number of ether oxygens (including phenoxy) is 1. The van der Waals surface area contributed by atoms with Gasteiger partial charge in [0.15, 0.2) is 10.8 Å². The number of amides is 1. The number of morpholine rings is 1. The van der Waals surface area contributed by atoms with Crippen molar-refractivity contribution in [2.75, 3.05) is 13.1 Å². The Bertz CT molecular complexity index is 664. The Labute approximate surface area is 133 Å². The van der Waals surface area contributed by atoms with Crippen LogP contribution >= 0.6 is 11.8 Å². The molecule has 0 unspecified atom stereocenters. The third-order valence-corrected chi connectivity index (χ3v) is 4.69. The summed E-state index contributed by atoms with van der Waals surface area (Å²) in [6, 6.07) is 5.75. The van der Waals surface area contributed by atoms with Crippen molar-refractivity contribution in [3.8, 4) is 0 Å². The number of hydrogen-bond acceptors (Lipinski definition) is 5. The molecule has 22 heavy (non-hydrogen) atoms. The van der Waals surface area contributed by atoms with Crippen molar-refractivity contribution in [1.29, 1.82) is 0 Å². The molecular weight excluding hydrogens is 300 g/mol. The first kappa shape index (κ1) is 15.3. The second-order valence-electron chi connectivity index (χ2n) is 5.67. The van der Waals surface area contributed by atoms with E-state index in [1.165, 1.54) is 11.8 Å². The number of carbonyl (C=O) groups is 1. The standard InChI is InChI=1S/C15H20N4O2S/c1-10-8-18(9-11(2)21-10)14(20)12(3)22-15-17-16-13-6-4-5-7-19(13)15/h4-7,10-12H,8-9H2,1-3H3/t10-,11+,12-/m1/s1. The second kappa shape index (κ2) is 6.26. The molecule has 2 aromatic heterocycles. The highest BCUT2D eigenvalue weighted by molar-refractivity contribution is 8.00. The van der Waals surface area contributed by atoms with Gasteiger partial charge in [-0.3, -0.25) is 9.20 Å². The molecule has 3 heterocycles. The highest BCUT2D eigenvalue weighted by Crippen LogP contribution is 2.24. The molecule has 1 aliphatic rings. The van der Waals surface area contributed by atoms with Crippen LogP contribution in [0.5, 0.6) is 0 Å². The van der Waals surface area contributed by atoms with Gasteiger partial charge in [-0.05, 0) is 32.9 Å². The van der Waals surface area contributed by atoms with Gasteiger partial charge in [0.2, 0.25) is 5.91 Å². The first-order chi connectivity index (χ1) is 10.5. The molecule has 0 aliphatic carbocycles. The van der Waals surface area contributed by atoms with E-state index in [1.807, 2.05) is 54.5 Å². The molecule has 1 saturated heterocycles. The molecule has 3 rings (SSSR count). The third-order valence-electron chi connectivity index (χ3n) is 3.64. The van der Waals surface area contributed by atoms with Crippen molar-refractivity contribution in [2.45, 2.75) is 43.4 Å². The van der Waals surface area contributed by atoms with Crippen molar-refractivity contribution in [3.63, 3.8) is 0 Å². The smallest absolute Gasteiger partial charge is 0.236 e. The molecule has 1 amide bonds. The van der Waals surface area contributed by atoms with E-state index < -0.39 is 0 Å². The van der Waals surface area contributed by atoms with Crippen LogP contribution in [0.15, 0.2) is 29.6 Å². The summed E-state index contributed by atoms with van der Waals surface area (Å²) in [6.45, 7) is 7.21. The van der Waals surface area contributed by atoms with Gasteiger partial charge >= 0.3 is 0 Å². The summed E-state index contributed by atoms with van der Waals surface area (Å²) < 4.78 is 7.58. The van der Waals surface area contributed by atoms with Crippen molar-refractivity contribution in [1.82, 2.24) is 19.5 Å². The van der Waals surface area contributed by atoms with Crippen LogP contribution in [0.1, 0.15) is 20.8 Å². The molecule has 1 fully saturated rings. The minimum atomic E-state index is -0.204. The first-order valence-corrected chi connectivity index (χ1v) is 8.33. The van der Waals surface area contributed by atoms with E-state index in [9.17, 15) is 4.79 Å². The van der Waals surface area contributed by atoms with E-state index in [4.69, 9.17) is 4.74 Å². The van der Waals surface area contributed by atoms with Gasteiger partial charge in [0.1, 0.15) is 0 Å². The molecular formula is C15H20N4O2S. The van der Waals surface area contributed by atoms with Crippen LogP contribution in [0.2, 0.25) is 0 Å². The quantitative estimate of drug-likeness (QED) is 0.808. The molecule has 3 atom stereocenters. The number of hydrogen-bond donors (Lipinski definition) is 0. The molecule has 6 nitrogen and oxygen atoms in total. The Hall–Kier alpha value is -1.60. The van der Waals surface area contributed by atoms with E-state index in [0.29, 0.717) is 13.1 Å². The fourth-order valence-corrected chi connectivity index (χ4v) is 3.65. The van der Waals surface area contributed by atoms with Crippen LogP contribution < -0.4 is 0 Å². The Morgan fingerprint density at radius 3 is 2.77 bits per heavy atom. The lowest BCUT2D eigenvalue weighted by Crippen LogP contribution is -2.50. The average Bonchev–Trinajstić information content (AvgIpc) is 2.89. The van der Waals surface area contributed by atoms with Crippen LogP contribution in [0.4, 0.5) is 0 Å². The zero-order chi connectivity index (χ0) is 15.7. The fourth-order valence-electron chi connectivity index (χ4n) is 2.72. The van der Waals surface area contributed by atoms with E-state index in [2.05, 4.69) is 10.2 Å². The van der Waals surface area contributed by atoms with Gasteiger partial charge < -0.3 is 9.64 Å². The van der Waals surface area contributed by atoms with Gasteiger partial charge in [0.05, 0.1) is 17.5 Å². The molecule has 1 aliphatic heterocycles. The molecule has 0 radical (unpaired) electrons. The third kappa shape index (κ3) is 3.10. The van der Waals surface area contributed by atoms with Crippen LogP contribution in [0, 0.1) is 0 Å². The summed E-state index contributed by atoms with van der Waals surface area (Å²) >= 11 is 1.44. The van der Waals surface area contributed by atoms with Gasteiger partial charge in [0.25, 0.3) is 0 Å². The number of nitrogens with zero attached hydrogens (tertiary/aromatic N) is 4. The summed E-state index contributed by atoms with van der Waals surface area (Å²) in [6.07, 6.45) is 2.07. The predicted octanol–water partition coefficient (Wildman–Crippen LogP) is 1.85. The monoisotopic (exact) mass is 320 g/mol. The lowest BCUT2D eigenvalue weighted by Gasteiger charge is -2.36. The topological polar surface area (TPSA) is 59.7 Å². The molecule has 2 aromatic rings. The summed E-state index contributed by atoms with van der Waals surface area (Å²) in [5, 5.41) is 8.83. The largest absolute Gasteiger partial charge is 0.372 e. The zero-order valence-electron chi connectivity index (χ0n) is 13.0. The number of fused-ring (bicyclic) bond motifs is 1. The van der Waals surface area contributed by atoms with Gasteiger partial charge in [-0.2, -0.15) is 0 Å². The number of pyridine rings is 1. The molecule has 0 N–H and O–H groups in total. The highest BCUT2D eigenvalue weighted by Gasteiger charge is 2.29. The fraction of sp³-hybridized carbons (Fsp3) is 0.533. The summed E-state index contributed by atoms with van der Waals surface area (Å²) in [5.41, 5.74) is 0.790. The van der Waals surface area contributed by atoms with E-state index in [-0.39, 0.29) is 23.4 Å². The predicted molar refractivity (Wildman–Crippen MR) is 84.9 cm³/mol. The van der Waals surface area contributed by atoms with Crippen molar-refractivity contribution in [3.05, 3.63) is 24.4 Å². The van der Waals surface area contributed by atoms with Gasteiger partial charge in [-0.25, -0.2) is 0 Å². The van der Waals surface area contributed by atoms with Crippen LogP contribution in [0.25, 0.3) is 5.65 Å². The lowest BCUT2D eigenvalue weighted by atomic mass is 10.2. The Kier molecular flexibility index (Phi) is 4.35. The maximum absolute atomic E-state index is 12.6. The van der Waals surface area contributed by atoms with Gasteiger partial charge in [0, 0.05) is 19.3 Å². The maximum atomic E-state index is 12.6. The van der Waals surface area contributed by atoms with E-state index in [0.717, 1.165) is 10.8 Å². The van der Waals surface area contributed by atoms with Crippen molar-refractivity contribution < 1.29 is 9.53 Å². The Morgan fingerprint density at radius 2 is 2.05 bits per heavy atom. The highest BCUT2D eigenvalue weighted by atomic mass is 32.2. The lowest BCUT2D eigenvalue weighted by molar-refractivity contribution is -0.142. The minimum absolute atomic E-state index is 0.0822. The van der Waals surface area contributed by atoms with Crippen LogP contribution in [-0.2, 0) is 9.53 Å². The van der Waals surface area contributed by atoms with Gasteiger partial charge in [-0.15, -0.1) is 10.2 Å². The summed E-state index contributed by atoms with van der Waals surface area (Å²) in [4.78, 5) is 14.5. The number of carbonyl (C=O) groups excluding carboxylic acids is 1.